The summed E-state index contributed by atoms with van der Waals surface area (Å²) in [6.45, 7) is 7.63. The first-order chi connectivity index (χ1) is 16.8. The zero-order chi connectivity index (χ0) is 24.7. The number of aromatic nitrogens is 3. The number of nitrogens with zero attached hydrogens (tertiary/aromatic N) is 4. The molecule has 0 bridgehead atoms. The predicted octanol–water partition coefficient (Wildman–Crippen LogP) is 5.36. The van der Waals surface area contributed by atoms with E-state index in [0.717, 1.165) is 27.9 Å². The maximum atomic E-state index is 13.5. The van der Waals surface area contributed by atoms with Crippen molar-refractivity contribution in [2.75, 3.05) is 10.2 Å². The Morgan fingerprint density at radius 1 is 0.914 bits per heavy atom. The number of amides is 2. The van der Waals surface area contributed by atoms with Crippen LogP contribution < -0.4 is 10.2 Å². The van der Waals surface area contributed by atoms with Gasteiger partial charge in [0.1, 0.15) is 5.69 Å². The van der Waals surface area contributed by atoms with Gasteiger partial charge in [-0.15, -0.1) is 0 Å². The number of carbonyl (C=O) groups excluding carboxylic acids is 2. The quantitative estimate of drug-likeness (QED) is 0.440. The number of aryl methyl sites for hydroxylation is 2. The van der Waals surface area contributed by atoms with Crippen LogP contribution in [0.4, 0.5) is 17.3 Å². The van der Waals surface area contributed by atoms with Gasteiger partial charge in [0, 0.05) is 29.2 Å². The lowest BCUT2D eigenvalue weighted by molar-refractivity contribution is -0.121. The van der Waals surface area contributed by atoms with Crippen LogP contribution in [0.3, 0.4) is 0 Å². The molecular weight excluding hydrogens is 438 g/mol. The summed E-state index contributed by atoms with van der Waals surface area (Å²) in [4.78, 5) is 41.5. The van der Waals surface area contributed by atoms with E-state index in [1.807, 2.05) is 82.3 Å². The van der Waals surface area contributed by atoms with Gasteiger partial charge >= 0.3 is 0 Å². The highest BCUT2D eigenvalue weighted by Gasteiger charge is 2.47. The lowest BCUT2D eigenvalue weighted by Gasteiger charge is -2.20. The first-order valence-corrected chi connectivity index (χ1v) is 11.4. The fourth-order valence-corrected chi connectivity index (χ4v) is 4.43. The molecule has 3 heterocycles. The van der Waals surface area contributed by atoms with Crippen molar-refractivity contribution >= 4 is 29.1 Å². The summed E-state index contributed by atoms with van der Waals surface area (Å²) in [6.07, 6.45) is 3.23. The van der Waals surface area contributed by atoms with Crippen molar-refractivity contribution in [3.8, 4) is 11.3 Å². The van der Waals surface area contributed by atoms with Gasteiger partial charge < -0.3 is 5.32 Å². The van der Waals surface area contributed by atoms with E-state index in [-0.39, 0.29) is 11.8 Å². The minimum Gasteiger partial charge on any atom is -0.321 e. The SMILES string of the molecule is Cc1ccc(NC(=O)c2nc(-c3cccc4c3C(C)(C)C(=O)N4c3ncccn3)ccc2C)cc1. The number of rotatable bonds is 4. The van der Waals surface area contributed by atoms with Crippen molar-refractivity contribution in [1.82, 2.24) is 15.0 Å². The summed E-state index contributed by atoms with van der Waals surface area (Å²) in [6, 6.07) is 18.8. The molecule has 0 aliphatic carbocycles. The second kappa shape index (κ2) is 8.43. The minimum absolute atomic E-state index is 0.115. The van der Waals surface area contributed by atoms with Crippen LogP contribution in [0.5, 0.6) is 0 Å². The number of fused-ring (bicyclic) bond motifs is 1. The predicted molar refractivity (Wildman–Crippen MR) is 136 cm³/mol. The summed E-state index contributed by atoms with van der Waals surface area (Å²) in [7, 11) is 0. The van der Waals surface area contributed by atoms with Crippen molar-refractivity contribution in [2.24, 2.45) is 0 Å². The van der Waals surface area contributed by atoms with Crippen molar-refractivity contribution in [2.45, 2.75) is 33.1 Å². The molecule has 1 aliphatic rings. The molecule has 5 rings (SSSR count). The Morgan fingerprint density at radius 3 is 2.34 bits per heavy atom. The third-order valence-corrected chi connectivity index (χ3v) is 6.30. The minimum atomic E-state index is -0.831. The zero-order valence-corrected chi connectivity index (χ0v) is 20.0. The summed E-state index contributed by atoms with van der Waals surface area (Å²) in [5.41, 5.74) is 5.06. The highest BCUT2D eigenvalue weighted by atomic mass is 16.2. The normalized spacial score (nSPS) is 14.1. The maximum absolute atomic E-state index is 13.5. The summed E-state index contributed by atoms with van der Waals surface area (Å²) < 4.78 is 0. The van der Waals surface area contributed by atoms with Crippen molar-refractivity contribution < 1.29 is 9.59 Å². The first-order valence-electron chi connectivity index (χ1n) is 11.4. The summed E-state index contributed by atoms with van der Waals surface area (Å²) in [5.74, 6) is -0.0671. The molecule has 7 heteroatoms. The second-order valence-corrected chi connectivity index (χ2v) is 9.20. The smallest absolute Gasteiger partial charge is 0.274 e. The molecule has 2 aromatic heterocycles. The average Bonchev–Trinajstić information content (AvgIpc) is 3.06. The molecule has 2 aromatic carbocycles. The van der Waals surface area contributed by atoms with E-state index < -0.39 is 5.41 Å². The Kier molecular flexibility index (Phi) is 5.40. The Labute approximate surface area is 203 Å². The van der Waals surface area contributed by atoms with Crippen molar-refractivity contribution in [3.63, 3.8) is 0 Å². The Bertz CT molecular complexity index is 1450. The van der Waals surface area contributed by atoms with E-state index >= 15 is 0 Å². The fourth-order valence-electron chi connectivity index (χ4n) is 4.43. The van der Waals surface area contributed by atoms with Crippen LogP contribution in [0.2, 0.25) is 0 Å². The molecule has 1 N–H and O–H groups in total. The largest absolute Gasteiger partial charge is 0.321 e. The number of benzene rings is 2. The monoisotopic (exact) mass is 463 g/mol. The lowest BCUT2D eigenvalue weighted by Crippen LogP contribution is -2.34. The van der Waals surface area contributed by atoms with E-state index in [2.05, 4.69) is 15.3 Å². The fraction of sp³-hybridized carbons (Fsp3) is 0.179. The van der Waals surface area contributed by atoms with Crippen LogP contribution in [-0.2, 0) is 10.2 Å². The third kappa shape index (κ3) is 3.85. The Hall–Kier alpha value is -4.39. The molecule has 0 unspecified atom stereocenters. The van der Waals surface area contributed by atoms with Gasteiger partial charge in [-0.3, -0.25) is 9.59 Å². The molecule has 0 saturated carbocycles. The molecule has 1 aliphatic heterocycles. The Morgan fingerprint density at radius 2 is 1.63 bits per heavy atom. The highest BCUT2D eigenvalue weighted by Crippen LogP contribution is 2.48. The number of anilines is 3. The zero-order valence-electron chi connectivity index (χ0n) is 20.0. The highest BCUT2D eigenvalue weighted by molar-refractivity contribution is 6.13. The van der Waals surface area contributed by atoms with Gasteiger partial charge in [0.25, 0.3) is 5.91 Å². The molecule has 0 saturated heterocycles. The molecule has 4 aromatic rings. The number of hydrogen-bond acceptors (Lipinski definition) is 5. The van der Waals surface area contributed by atoms with Gasteiger partial charge in [-0.2, -0.15) is 0 Å². The molecule has 35 heavy (non-hydrogen) atoms. The van der Waals surface area contributed by atoms with Crippen LogP contribution in [0, 0.1) is 13.8 Å². The van der Waals surface area contributed by atoms with Crippen LogP contribution >= 0.6 is 0 Å². The van der Waals surface area contributed by atoms with E-state index in [4.69, 9.17) is 4.98 Å². The topological polar surface area (TPSA) is 88.1 Å². The van der Waals surface area contributed by atoms with Gasteiger partial charge in [-0.25, -0.2) is 19.9 Å². The number of nitrogens with one attached hydrogen (secondary N) is 1. The van der Waals surface area contributed by atoms with Gasteiger partial charge in [0.05, 0.1) is 16.8 Å². The molecule has 0 fully saturated rings. The van der Waals surface area contributed by atoms with E-state index in [1.54, 1.807) is 23.4 Å². The summed E-state index contributed by atoms with van der Waals surface area (Å²) in [5, 5.41) is 2.93. The maximum Gasteiger partial charge on any atom is 0.274 e. The molecule has 0 spiro atoms. The molecule has 7 nitrogen and oxygen atoms in total. The number of pyridine rings is 1. The number of hydrogen-bond donors (Lipinski definition) is 1. The Balaban J connectivity index is 1.58. The first kappa shape index (κ1) is 22.4. The summed E-state index contributed by atoms with van der Waals surface area (Å²) >= 11 is 0. The molecular formula is C28H25N5O2. The van der Waals surface area contributed by atoms with Crippen LogP contribution in [0.15, 0.2) is 73.1 Å². The number of carbonyl (C=O) groups is 2. The van der Waals surface area contributed by atoms with E-state index in [1.165, 1.54) is 0 Å². The second-order valence-electron chi connectivity index (χ2n) is 9.20. The van der Waals surface area contributed by atoms with Crippen LogP contribution in [-0.4, -0.2) is 26.8 Å². The van der Waals surface area contributed by atoms with Crippen molar-refractivity contribution in [3.05, 3.63) is 95.4 Å². The lowest BCUT2D eigenvalue weighted by atomic mass is 9.82. The van der Waals surface area contributed by atoms with Gasteiger partial charge in [-0.05, 0) is 63.6 Å². The van der Waals surface area contributed by atoms with Gasteiger partial charge in [0.15, 0.2) is 0 Å². The van der Waals surface area contributed by atoms with Crippen molar-refractivity contribution in [1.29, 1.82) is 0 Å². The van der Waals surface area contributed by atoms with E-state index in [9.17, 15) is 9.59 Å². The van der Waals surface area contributed by atoms with Gasteiger partial charge in [0.2, 0.25) is 11.9 Å². The third-order valence-electron chi connectivity index (χ3n) is 6.30. The standard InChI is InChI=1S/C28H25N5O2/c1-17-9-12-19(13-10-17)31-25(34)24-18(2)11-14-21(32-24)20-7-5-8-22-23(20)28(3,4)26(35)33(22)27-29-15-6-16-30-27/h5-16H,1-4H3,(H,31,34). The molecule has 0 radical (unpaired) electrons. The molecule has 0 atom stereocenters. The van der Waals surface area contributed by atoms with Gasteiger partial charge in [-0.1, -0.05) is 35.9 Å². The average molecular weight is 464 g/mol. The van der Waals surface area contributed by atoms with Crippen LogP contribution in [0.25, 0.3) is 11.3 Å². The molecule has 174 valence electrons. The van der Waals surface area contributed by atoms with Crippen LogP contribution in [0.1, 0.15) is 41.0 Å². The van der Waals surface area contributed by atoms with E-state index in [0.29, 0.717) is 23.0 Å². The molecule has 2 amide bonds.